The van der Waals surface area contributed by atoms with Crippen molar-refractivity contribution in [3.05, 3.63) is 35.5 Å². The Morgan fingerprint density at radius 1 is 1.19 bits per heavy atom. The summed E-state index contributed by atoms with van der Waals surface area (Å²) in [5.74, 6) is 0. The number of rotatable bonds is 1. The second kappa shape index (κ2) is 3.78. The number of fused-ring (bicyclic) bond motifs is 2. The Balaban J connectivity index is 2.27. The molecule has 0 unspecified atom stereocenters. The van der Waals surface area contributed by atoms with Gasteiger partial charge >= 0.3 is 0 Å². The van der Waals surface area contributed by atoms with E-state index in [-0.39, 0.29) is 0 Å². The van der Waals surface area contributed by atoms with Gasteiger partial charge in [0.2, 0.25) is 0 Å². The van der Waals surface area contributed by atoms with Crippen molar-refractivity contribution in [2.75, 3.05) is 12.4 Å². The molecular formula is C14H16N2. The van der Waals surface area contributed by atoms with E-state index in [0.29, 0.717) is 0 Å². The average Bonchev–Trinajstić information content (AvgIpc) is 2.35. The van der Waals surface area contributed by atoms with Crippen LogP contribution in [-0.2, 0) is 12.8 Å². The topological polar surface area (TPSA) is 24.9 Å². The summed E-state index contributed by atoms with van der Waals surface area (Å²) in [5.41, 5.74) is 5.05. The summed E-state index contributed by atoms with van der Waals surface area (Å²) in [5, 5.41) is 4.49. The molecular weight excluding hydrogens is 196 g/mol. The molecule has 0 saturated heterocycles. The third-order valence-electron chi connectivity index (χ3n) is 3.41. The molecule has 0 saturated carbocycles. The van der Waals surface area contributed by atoms with Gasteiger partial charge in [-0.3, -0.25) is 4.98 Å². The van der Waals surface area contributed by atoms with Gasteiger partial charge in [-0.15, -0.1) is 0 Å². The average molecular weight is 212 g/mol. The Kier molecular flexibility index (Phi) is 2.28. The first-order valence-electron chi connectivity index (χ1n) is 5.98. The molecule has 1 aromatic heterocycles. The smallest absolute Gasteiger partial charge is 0.0726 e. The number of aromatic nitrogens is 1. The van der Waals surface area contributed by atoms with Crippen LogP contribution in [0.5, 0.6) is 0 Å². The Bertz CT molecular complexity index is 531. The molecule has 1 N–H and O–H groups in total. The highest BCUT2D eigenvalue weighted by atomic mass is 14.8. The van der Waals surface area contributed by atoms with E-state index in [0.717, 1.165) is 11.9 Å². The highest BCUT2D eigenvalue weighted by Crippen LogP contribution is 2.27. The molecule has 0 radical (unpaired) electrons. The quantitative estimate of drug-likeness (QED) is 0.785. The minimum absolute atomic E-state index is 1.12. The summed E-state index contributed by atoms with van der Waals surface area (Å²) in [4.78, 5) is 4.78. The highest BCUT2D eigenvalue weighted by Gasteiger charge is 2.12. The molecule has 16 heavy (non-hydrogen) atoms. The van der Waals surface area contributed by atoms with Gasteiger partial charge in [0.15, 0.2) is 0 Å². The van der Waals surface area contributed by atoms with E-state index < -0.39 is 0 Å². The zero-order valence-corrected chi connectivity index (χ0v) is 9.59. The lowest BCUT2D eigenvalue weighted by molar-refractivity contribution is 0.671. The molecule has 2 heteroatoms. The van der Waals surface area contributed by atoms with Gasteiger partial charge in [0, 0.05) is 23.8 Å². The van der Waals surface area contributed by atoms with Crippen LogP contribution in [0.3, 0.4) is 0 Å². The van der Waals surface area contributed by atoms with Crippen molar-refractivity contribution in [2.24, 2.45) is 0 Å². The summed E-state index contributed by atoms with van der Waals surface area (Å²) in [7, 11) is 1.97. The minimum atomic E-state index is 1.12. The van der Waals surface area contributed by atoms with Gasteiger partial charge in [0.25, 0.3) is 0 Å². The lowest BCUT2D eigenvalue weighted by Gasteiger charge is -2.16. The van der Waals surface area contributed by atoms with E-state index in [1.807, 2.05) is 7.05 Å². The molecule has 2 aromatic rings. The zero-order valence-electron chi connectivity index (χ0n) is 9.59. The molecule has 3 rings (SSSR count). The summed E-state index contributed by atoms with van der Waals surface area (Å²) in [6.45, 7) is 0. The number of nitrogens with zero attached hydrogens (tertiary/aromatic N) is 1. The number of pyridine rings is 1. The highest BCUT2D eigenvalue weighted by molar-refractivity contribution is 5.91. The van der Waals surface area contributed by atoms with E-state index in [1.165, 1.54) is 41.6 Å². The van der Waals surface area contributed by atoms with Crippen molar-refractivity contribution in [3.63, 3.8) is 0 Å². The molecule has 0 aliphatic heterocycles. The molecule has 0 bridgehead atoms. The molecule has 0 atom stereocenters. The molecule has 0 spiro atoms. The van der Waals surface area contributed by atoms with Crippen LogP contribution in [-0.4, -0.2) is 12.0 Å². The minimum Gasteiger partial charge on any atom is -0.388 e. The summed E-state index contributed by atoms with van der Waals surface area (Å²) >= 11 is 0. The molecule has 0 amide bonds. The van der Waals surface area contributed by atoms with E-state index in [9.17, 15) is 0 Å². The Labute approximate surface area is 95.7 Å². The first-order valence-corrected chi connectivity index (χ1v) is 5.98. The van der Waals surface area contributed by atoms with Gasteiger partial charge in [-0.25, -0.2) is 0 Å². The second-order valence-corrected chi connectivity index (χ2v) is 4.42. The van der Waals surface area contributed by atoms with Crippen molar-refractivity contribution >= 4 is 16.6 Å². The number of hydrogen-bond acceptors (Lipinski definition) is 2. The van der Waals surface area contributed by atoms with Crippen molar-refractivity contribution < 1.29 is 0 Å². The Morgan fingerprint density at radius 2 is 2.06 bits per heavy atom. The first kappa shape index (κ1) is 9.64. The number of hydrogen-bond donors (Lipinski definition) is 1. The third-order valence-corrected chi connectivity index (χ3v) is 3.41. The van der Waals surface area contributed by atoms with Crippen molar-refractivity contribution in [1.29, 1.82) is 0 Å². The van der Waals surface area contributed by atoms with Crippen LogP contribution < -0.4 is 5.32 Å². The van der Waals surface area contributed by atoms with Gasteiger partial charge in [-0.2, -0.15) is 0 Å². The standard InChI is InChI=1S/C14H16N2/c1-15-13-7-4-8-14-11(13)9-10-5-2-3-6-12(10)16-14/h4,7-9,15H,2-3,5-6H2,1H3. The second-order valence-electron chi connectivity index (χ2n) is 4.42. The lowest BCUT2D eigenvalue weighted by atomic mass is 9.94. The maximum Gasteiger partial charge on any atom is 0.0726 e. The first-order chi connectivity index (χ1) is 7.88. The number of benzene rings is 1. The number of anilines is 1. The van der Waals surface area contributed by atoms with Crippen molar-refractivity contribution in [2.45, 2.75) is 25.7 Å². The maximum absolute atomic E-state index is 4.78. The molecule has 1 heterocycles. The lowest BCUT2D eigenvalue weighted by Crippen LogP contribution is -2.05. The fourth-order valence-corrected chi connectivity index (χ4v) is 2.54. The monoisotopic (exact) mass is 212 g/mol. The molecule has 2 nitrogen and oxygen atoms in total. The Morgan fingerprint density at radius 3 is 2.94 bits per heavy atom. The Hall–Kier alpha value is -1.57. The molecule has 1 aromatic carbocycles. The van der Waals surface area contributed by atoms with E-state index in [4.69, 9.17) is 4.98 Å². The van der Waals surface area contributed by atoms with Crippen LogP contribution in [0.25, 0.3) is 10.9 Å². The van der Waals surface area contributed by atoms with Crippen molar-refractivity contribution in [1.82, 2.24) is 4.98 Å². The van der Waals surface area contributed by atoms with Crippen LogP contribution in [0, 0.1) is 0 Å². The predicted octanol–water partition coefficient (Wildman–Crippen LogP) is 3.16. The maximum atomic E-state index is 4.78. The van der Waals surface area contributed by atoms with Gasteiger partial charge in [-0.05, 0) is 49.4 Å². The van der Waals surface area contributed by atoms with Gasteiger partial charge in [0.1, 0.15) is 0 Å². The van der Waals surface area contributed by atoms with Crippen molar-refractivity contribution in [3.8, 4) is 0 Å². The fourth-order valence-electron chi connectivity index (χ4n) is 2.54. The van der Waals surface area contributed by atoms with Gasteiger partial charge < -0.3 is 5.32 Å². The molecule has 1 aliphatic rings. The van der Waals surface area contributed by atoms with Crippen LogP contribution in [0.2, 0.25) is 0 Å². The van der Waals surface area contributed by atoms with Crippen LogP contribution >= 0.6 is 0 Å². The molecule has 1 aliphatic carbocycles. The summed E-state index contributed by atoms with van der Waals surface area (Å²) in [6, 6.07) is 8.60. The predicted molar refractivity (Wildman–Crippen MR) is 67.9 cm³/mol. The number of aryl methyl sites for hydroxylation is 2. The third kappa shape index (κ3) is 1.45. The van der Waals surface area contributed by atoms with Gasteiger partial charge in [-0.1, -0.05) is 6.07 Å². The fraction of sp³-hybridized carbons (Fsp3) is 0.357. The summed E-state index contributed by atoms with van der Waals surface area (Å²) in [6.07, 6.45) is 4.94. The normalized spacial score (nSPS) is 14.8. The van der Waals surface area contributed by atoms with Crippen LogP contribution in [0.1, 0.15) is 24.1 Å². The largest absolute Gasteiger partial charge is 0.388 e. The van der Waals surface area contributed by atoms with E-state index >= 15 is 0 Å². The number of nitrogens with one attached hydrogen (secondary N) is 1. The summed E-state index contributed by atoms with van der Waals surface area (Å²) < 4.78 is 0. The molecule has 0 fully saturated rings. The van der Waals surface area contributed by atoms with E-state index in [2.05, 4.69) is 29.6 Å². The zero-order chi connectivity index (χ0) is 11.0. The SMILES string of the molecule is CNc1cccc2nc3c(cc12)CCCC3. The van der Waals surface area contributed by atoms with Crippen LogP contribution in [0.15, 0.2) is 24.3 Å². The molecule has 82 valence electrons. The van der Waals surface area contributed by atoms with Crippen LogP contribution in [0.4, 0.5) is 5.69 Å². The van der Waals surface area contributed by atoms with Gasteiger partial charge in [0.05, 0.1) is 5.52 Å². The van der Waals surface area contributed by atoms with E-state index in [1.54, 1.807) is 0 Å².